The molecule has 154 valence electrons. The molecule has 5 nitrogen and oxygen atoms in total. The van der Waals surface area contributed by atoms with Crippen molar-refractivity contribution in [3.63, 3.8) is 0 Å². The molecule has 1 N–H and O–H groups in total. The van der Waals surface area contributed by atoms with Crippen LogP contribution in [0.4, 0.5) is 0 Å². The molecule has 2 aromatic rings. The quantitative estimate of drug-likeness (QED) is 0.699. The average Bonchev–Trinajstić information content (AvgIpc) is 2.61. The van der Waals surface area contributed by atoms with Crippen molar-refractivity contribution in [2.24, 2.45) is 0 Å². The molecule has 1 fully saturated rings. The summed E-state index contributed by atoms with van der Waals surface area (Å²) in [4.78, 5) is 13.1. The van der Waals surface area contributed by atoms with Gasteiger partial charge in [-0.05, 0) is 48.2 Å². The van der Waals surface area contributed by atoms with Gasteiger partial charge in [0.15, 0.2) is 20.8 Å². The van der Waals surface area contributed by atoms with Gasteiger partial charge in [0.25, 0.3) is 0 Å². The highest BCUT2D eigenvalue weighted by Crippen LogP contribution is 2.47. The fraction of sp³-hybridized carbons (Fsp3) is 0.409. The van der Waals surface area contributed by atoms with Gasteiger partial charge in [-0.2, -0.15) is 0 Å². The second-order valence-corrected chi connectivity index (χ2v) is 12.0. The van der Waals surface area contributed by atoms with Crippen LogP contribution in [0.25, 0.3) is 0 Å². The van der Waals surface area contributed by atoms with Gasteiger partial charge in [0.1, 0.15) is 5.75 Å². The van der Waals surface area contributed by atoms with Gasteiger partial charge in [-0.3, -0.25) is 4.79 Å². The van der Waals surface area contributed by atoms with E-state index < -0.39 is 32.6 Å². The van der Waals surface area contributed by atoms with E-state index in [0.29, 0.717) is 12.2 Å². The molecule has 0 spiro atoms. The van der Waals surface area contributed by atoms with Crippen LogP contribution in [-0.4, -0.2) is 25.3 Å². The summed E-state index contributed by atoms with van der Waals surface area (Å²) in [5.74, 6) is -0.396. The Labute approximate surface area is 179 Å². The Bertz CT molecular complexity index is 1090. The van der Waals surface area contributed by atoms with Gasteiger partial charge in [0.05, 0.1) is 4.90 Å². The fourth-order valence-corrected chi connectivity index (χ4v) is 6.43. The molecule has 29 heavy (non-hydrogen) atoms. The van der Waals surface area contributed by atoms with E-state index in [9.17, 15) is 13.2 Å². The number of amides is 1. The third kappa shape index (κ3) is 3.48. The number of fused-ring (bicyclic) bond motifs is 4. The van der Waals surface area contributed by atoms with Crippen LogP contribution >= 0.6 is 15.9 Å². The normalized spacial score (nSPS) is 26.3. The minimum atomic E-state index is -3.89. The summed E-state index contributed by atoms with van der Waals surface area (Å²) in [6, 6.07) is 12.4. The zero-order chi connectivity index (χ0) is 21.2. The second-order valence-electron chi connectivity index (χ2n) is 9.05. The molecule has 0 saturated carbocycles. The SMILES string of the molecule is CC(C)(C)c1ccc(S(=O)(=O)[C@@H]2C(=O)N[C@]3(C)C[C@@H]2c2cc(Br)ccc2O3)cc1. The van der Waals surface area contributed by atoms with Crippen molar-refractivity contribution in [1.82, 2.24) is 5.32 Å². The van der Waals surface area contributed by atoms with Gasteiger partial charge >= 0.3 is 0 Å². The maximum atomic E-state index is 13.5. The largest absolute Gasteiger partial charge is 0.468 e. The summed E-state index contributed by atoms with van der Waals surface area (Å²) < 4.78 is 33.9. The lowest BCUT2D eigenvalue weighted by molar-refractivity contribution is -0.132. The predicted molar refractivity (Wildman–Crippen MR) is 115 cm³/mol. The Kier molecular flexibility index (Phi) is 4.63. The van der Waals surface area contributed by atoms with Crippen molar-refractivity contribution in [2.45, 2.75) is 61.3 Å². The van der Waals surface area contributed by atoms with Crippen molar-refractivity contribution >= 4 is 31.7 Å². The number of nitrogens with one attached hydrogen (secondary N) is 1. The van der Waals surface area contributed by atoms with Crippen LogP contribution < -0.4 is 10.1 Å². The highest BCUT2D eigenvalue weighted by Gasteiger charge is 2.54. The molecule has 7 heteroatoms. The molecule has 2 aliphatic heterocycles. The Morgan fingerprint density at radius 2 is 1.79 bits per heavy atom. The molecule has 3 atom stereocenters. The molecule has 4 rings (SSSR count). The molecule has 0 aromatic heterocycles. The van der Waals surface area contributed by atoms with Crippen LogP contribution in [0.5, 0.6) is 5.75 Å². The Morgan fingerprint density at radius 3 is 2.41 bits per heavy atom. The Balaban J connectivity index is 1.80. The maximum Gasteiger partial charge on any atom is 0.242 e. The molecule has 2 aliphatic rings. The van der Waals surface area contributed by atoms with Crippen molar-refractivity contribution in [1.29, 1.82) is 0 Å². The van der Waals surface area contributed by atoms with E-state index in [0.717, 1.165) is 15.6 Å². The number of carbonyl (C=O) groups is 1. The van der Waals surface area contributed by atoms with E-state index >= 15 is 0 Å². The summed E-state index contributed by atoms with van der Waals surface area (Å²) in [7, 11) is -3.89. The van der Waals surface area contributed by atoms with E-state index in [4.69, 9.17) is 4.74 Å². The second kappa shape index (κ2) is 6.57. The highest BCUT2D eigenvalue weighted by molar-refractivity contribution is 9.10. The first-order chi connectivity index (χ1) is 13.4. The van der Waals surface area contributed by atoms with Crippen molar-refractivity contribution < 1.29 is 17.9 Å². The molecule has 2 bridgehead atoms. The fourth-order valence-electron chi connectivity index (χ4n) is 4.23. The molecular formula is C22H24BrNO4S. The van der Waals surface area contributed by atoms with Crippen molar-refractivity contribution in [3.05, 3.63) is 58.1 Å². The summed E-state index contributed by atoms with van der Waals surface area (Å²) in [6.45, 7) is 8.00. The van der Waals surface area contributed by atoms with Gasteiger partial charge in [-0.15, -0.1) is 0 Å². The first-order valence-corrected chi connectivity index (χ1v) is 11.9. The van der Waals surface area contributed by atoms with Crippen LogP contribution in [0.2, 0.25) is 0 Å². The van der Waals surface area contributed by atoms with Crippen LogP contribution in [0.15, 0.2) is 51.8 Å². The van der Waals surface area contributed by atoms with Gasteiger partial charge in [0, 0.05) is 22.4 Å². The summed E-state index contributed by atoms with van der Waals surface area (Å²) in [5, 5.41) is 1.59. The molecule has 0 radical (unpaired) electrons. The minimum absolute atomic E-state index is 0.0851. The average molecular weight is 478 g/mol. The topological polar surface area (TPSA) is 72.5 Å². The van der Waals surface area contributed by atoms with Gasteiger partial charge < -0.3 is 10.1 Å². The predicted octanol–water partition coefficient (Wildman–Crippen LogP) is 4.30. The number of piperidine rings is 1. The Hall–Kier alpha value is -1.86. The lowest BCUT2D eigenvalue weighted by atomic mass is 9.81. The first-order valence-electron chi connectivity index (χ1n) is 9.56. The van der Waals surface area contributed by atoms with Crippen LogP contribution in [0.3, 0.4) is 0 Å². The third-order valence-electron chi connectivity index (χ3n) is 5.71. The smallest absolute Gasteiger partial charge is 0.242 e. The monoisotopic (exact) mass is 477 g/mol. The lowest BCUT2D eigenvalue weighted by Gasteiger charge is -2.46. The third-order valence-corrected chi connectivity index (χ3v) is 8.34. The molecular weight excluding hydrogens is 454 g/mol. The van der Waals surface area contributed by atoms with Gasteiger partial charge in [-0.25, -0.2) is 8.42 Å². The number of rotatable bonds is 2. The number of sulfone groups is 1. The number of ether oxygens (including phenoxy) is 1. The Morgan fingerprint density at radius 1 is 1.14 bits per heavy atom. The molecule has 0 unspecified atom stereocenters. The number of hydrogen-bond acceptors (Lipinski definition) is 4. The maximum absolute atomic E-state index is 13.5. The molecule has 1 amide bonds. The van der Waals surface area contributed by atoms with E-state index in [-0.39, 0.29) is 10.3 Å². The van der Waals surface area contributed by atoms with Crippen molar-refractivity contribution in [2.75, 3.05) is 0 Å². The van der Waals surface area contributed by atoms with Crippen LogP contribution in [0, 0.1) is 0 Å². The zero-order valence-electron chi connectivity index (χ0n) is 16.8. The lowest BCUT2D eigenvalue weighted by Crippen LogP contribution is -2.63. The number of halogens is 1. The standard InChI is InChI=1S/C22H24BrNO4S/c1-21(2,3)13-5-8-15(9-6-13)29(26,27)19-17-12-22(4,24-20(19)25)28-18-10-7-14(23)11-16(17)18/h5-11,17,19H,12H2,1-4H3,(H,24,25)/t17-,19+,22+/m1/s1. The van der Waals surface area contributed by atoms with Gasteiger partial charge in [0.2, 0.25) is 5.91 Å². The minimum Gasteiger partial charge on any atom is -0.468 e. The number of carbonyl (C=O) groups excluding carboxylic acids is 1. The molecule has 1 saturated heterocycles. The van der Waals surface area contributed by atoms with E-state index in [1.807, 2.05) is 30.3 Å². The highest BCUT2D eigenvalue weighted by atomic mass is 79.9. The number of hydrogen-bond donors (Lipinski definition) is 1. The summed E-state index contributed by atoms with van der Waals surface area (Å²) in [6.07, 6.45) is 0.395. The first kappa shape index (κ1) is 20.4. The zero-order valence-corrected chi connectivity index (χ0v) is 19.2. The molecule has 2 aromatic carbocycles. The molecule has 0 aliphatic carbocycles. The molecule has 2 heterocycles. The van der Waals surface area contributed by atoms with E-state index in [1.165, 1.54) is 0 Å². The van der Waals surface area contributed by atoms with Gasteiger partial charge in [-0.1, -0.05) is 48.8 Å². The summed E-state index contributed by atoms with van der Waals surface area (Å²) >= 11 is 3.44. The van der Waals surface area contributed by atoms with Crippen LogP contribution in [-0.2, 0) is 20.0 Å². The van der Waals surface area contributed by atoms with Crippen molar-refractivity contribution in [3.8, 4) is 5.75 Å². The van der Waals surface area contributed by atoms with Crippen LogP contribution in [0.1, 0.15) is 51.2 Å². The van der Waals surface area contributed by atoms with E-state index in [2.05, 4.69) is 42.0 Å². The van der Waals surface area contributed by atoms with E-state index in [1.54, 1.807) is 19.1 Å². The number of benzene rings is 2. The summed E-state index contributed by atoms with van der Waals surface area (Å²) in [5.41, 5.74) is 0.784.